The molecule has 0 amide bonds. The number of benzene rings is 1. The first-order chi connectivity index (χ1) is 9.11. The molecule has 0 radical (unpaired) electrons. The van der Waals surface area contributed by atoms with Crippen LogP contribution in [-0.2, 0) is 7.05 Å². The van der Waals surface area contributed by atoms with Gasteiger partial charge in [0.25, 0.3) is 0 Å². The fourth-order valence-electron chi connectivity index (χ4n) is 2.00. The Bertz CT molecular complexity index is 551. The van der Waals surface area contributed by atoms with Gasteiger partial charge in [0.2, 0.25) is 0 Å². The highest BCUT2D eigenvalue weighted by molar-refractivity contribution is 5.30. The average molecular weight is 265 g/mol. The summed E-state index contributed by atoms with van der Waals surface area (Å²) in [7, 11) is 1.83. The molecule has 19 heavy (non-hydrogen) atoms. The van der Waals surface area contributed by atoms with Crippen LogP contribution >= 0.6 is 0 Å². The van der Waals surface area contributed by atoms with Crippen molar-refractivity contribution >= 4 is 0 Å². The summed E-state index contributed by atoms with van der Waals surface area (Å²) in [6.45, 7) is 2.84. The molecule has 5 heteroatoms. The van der Waals surface area contributed by atoms with Crippen molar-refractivity contribution in [1.29, 1.82) is 0 Å². The van der Waals surface area contributed by atoms with E-state index in [4.69, 9.17) is 0 Å². The third-order valence-electron chi connectivity index (χ3n) is 2.93. The Labute approximate surface area is 111 Å². The van der Waals surface area contributed by atoms with E-state index in [1.54, 1.807) is 16.9 Å². The van der Waals surface area contributed by atoms with Crippen LogP contribution in [-0.4, -0.2) is 16.3 Å². The normalized spacial score (nSPS) is 12.6. The van der Waals surface area contributed by atoms with E-state index in [2.05, 4.69) is 17.3 Å². The second kappa shape index (κ2) is 5.93. The second-order valence-electron chi connectivity index (χ2n) is 4.51. The predicted octanol–water partition coefficient (Wildman–Crippen LogP) is 2.79. The van der Waals surface area contributed by atoms with Gasteiger partial charge in [-0.2, -0.15) is 5.10 Å². The Balaban J connectivity index is 2.33. The maximum absolute atomic E-state index is 13.4. The van der Waals surface area contributed by atoms with Crippen LogP contribution < -0.4 is 5.32 Å². The second-order valence-corrected chi connectivity index (χ2v) is 4.51. The number of nitrogens with one attached hydrogen (secondary N) is 1. The Morgan fingerprint density at radius 3 is 2.63 bits per heavy atom. The van der Waals surface area contributed by atoms with Crippen molar-refractivity contribution in [2.45, 2.75) is 19.4 Å². The first kappa shape index (κ1) is 13.7. The van der Waals surface area contributed by atoms with Gasteiger partial charge in [0.15, 0.2) is 11.6 Å². The molecule has 0 spiro atoms. The first-order valence-corrected chi connectivity index (χ1v) is 6.28. The number of hydrogen-bond donors (Lipinski definition) is 1. The Morgan fingerprint density at radius 2 is 2.05 bits per heavy atom. The zero-order valence-corrected chi connectivity index (χ0v) is 11.0. The van der Waals surface area contributed by atoms with Crippen LogP contribution in [0.4, 0.5) is 8.78 Å². The summed E-state index contributed by atoms with van der Waals surface area (Å²) in [5, 5.41) is 7.44. The van der Waals surface area contributed by atoms with Crippen LogP contribution in [0.3, 0.4) is 0 Å². The molecule has 1 heterocycles. The van der Waals surface area contributed by atoms with Crippen LogP contribution in [0.15, 0.2) is 30.6 Å². The molecule has 0 saturated heterocycles. The fourth-order valence-corrected chi connectivity index (χ4v) is 2.00. The van der Waals surface area contributed by atoms with Crippen molar-refractivity contribution in [3.8, 4) is 0 Å². The number of aryl methyl sites for hydroxylation is 1. The number of hydrogen-bond acceptors (Lipinski definition) is 2. The summed E-state index contributed by atoms with van der Waals surface area (Å²) in [5.41, 5.74) is 1.63. The third kappa shape index (κ3) is 3.17. The van der Waals surface area contributed by atoms with Crippen molar-refractivity contribution in [3.63, 3.8) is 0 Å². The lowest BCUT2D eigenvalue weighted by molar-refractivity contribution is 0.503. The SMILES string of the molecule is CCCNC(c1ccc(F)c(F)c1)c1cnn(C)c1. The topological polar surface area (TPSA) is 29.9 Å². The van der Waals surface area contributed by atoms with Crippen LogP contribution in [0, 0.1) is 11.6 Å². The average Bonchev–Trinajstić information content (AvgIpc) is 2.80. The largest absolute Gasteiger partial charge is 0.306 e. The van der Waals surface area contributed by atoms with E-state index in [0.29, 0.717) is 5.56 Å². The molecule has 0 fully saturated rings. The summed E-state index contributed by atoms with van der Waals surface area (Å²) < 4.78 is 28.1. The van der Waals surface area contributed by atoms with Crippen LogP contribution in [0.2, 0.25) is 0 Å². The zero-order chi connectivity index (χ0) is 13.8. The van der Waals surface area contributed by atoms with E-state index in [1.165, 1.54) is 6.07 Å². The number of nitrogens with zero attached hydrogens (tertiary/aromatic N) is 2. The molecular formula is C14H17F2N3. The van der Waals surface area contributed by atoms with Crippen molar-refractivity contribution < 1.29 is 8.78 Å². The molecule has 1 aromatic heterocycles. The first-order valence-electron chi connectivity index (χ1n) is 6.28. The van der Waals surface area contributed by atoms with Gasteiger partial charge < -0.3 is 5.32 Å². The monoisotopic (exact) mass is 265 g/mol. The van der Waals surface area contributed by atoms with Crippen molar-refractivity contribution in [2.24, 2.45) is 7.05 Å². The molecule has 0 aliphatic heterocycles. The molecule has 1 atom stereocenters. The Hall–Kier alpha value is -1.75. The van der Waals surface area contributed by atoms with Gasteiger partial charge in [-0.05, 0) is 30.7 Å². The molecule has 0 bridgehead atoms. The van der Waals surface area contributed by atoms with Crippen LogP contribution in [0.1, 0.15) is 30.5 Å². The minimum atomic E-state index is -0.829. The molecule has 3 nitrogen and oxygen atoms in total. The minimum absolute atomic E-state index is 0.177. The summed E-state index contributed by atoms with van der Waals surface area (Å²) in [4.78, 5) is 0. The molecular weight excluding hydrogens is 248 g/mol. The highest BCUT2D eigenvalue weighted by Crippen LogP contribution is 2.23. The fraction of sp³-hybridized carbons (Fsp3) is 0.357. The van der Waals surface area contributed by atoms with E-state index in [9.17, 15) is 8.78 Å². The molecule has 0 saturated carbocycles. The van der Waals surface area contributed by atoms with Gasteiger partial charge in [-0.1, -0.05) is 13.0 Å². The maximum atomic E-state index is 13.4. The lowest BCUT2D eigenvalue weighted by Crippen LogP contribution is -2.23. The molecule has 0 aliphatic carbocycles. The van der Waals surface area contributed by atoms with E-state index in [-0.39, 0.29) is 6.04 Å². The smallest absolute Gasteiger partial charge is 0.159 e. The van der Waals surface area contributed by atoms with E-state index < -0.39 is 11.6 Å². The summed E-state index contributed by atoms with van der Waals surface area (Å²) >= 11 is 0. The zero-order valence-electron chi connectivity index (χ0n) is 11.0. The highest BCUT2D eigenvalue weighted by Gasteiger charge is 2.16. The van der Waals surface area contributed by atoms with Crippen molar-refractivity contribution in [3.05, 3.63) is 53.4 Å². The Morgan fingerprint density at radius 1 is 1.26 bits per heavy atom. The van der Waals surface area contributed by atoms with Gasteiger partial charge in [0.1, 0.15) is 0 Å². The van der Waals surface area contributed by atoms with Gasteiger partial charge in [0, 0.05) is 18.8 Å². The third-order valence-corrected chi connectivity index (χ3v) is 2.93. The summed E-state index contributed by atoms with van der Waals surface area (Å²) in [5.74, 6) is -1.66. The molecule has 1 aromatic carbocycles. The lowest BCUT2D eigenvalue weighted by atomic mass is 10.0. The number of rotatable bonds is 5. The predicted molar refractivity (Wildman–Crippen MR) is 69.7 cm³/mol. The van der Waals surface area contributed by atoms with Crippen molar-refractivity contribution in [2.75, 3.05) is 6.54 Å². The summed E-state index contributed by atoms with van der Waals surface area (Å²) in [6.07, 6.45) is 4.56. The van der Waals surface area contributed by atoms with E-state index >= 15 is 0 Å². The Kier molecular flexibility index (Phi) is 4.27. The number of halogens is 2. The van der Waals surface area contributed by atoms with Gasteiger partial charge in [-0.3, -0.25) is 4.68 Å². The maximum Gasteiger partial charge on any atom is 0.159 e. The van der Waals surface area contributed by atoms with Gasteiger partial charge in [-0.25, -0.2) is 8.78 Å². The van der Waals surface area contributed by atoms with Crippen LogP contribution in [0.25, 0.3) is 0 Å². The molecule has 102 valence electrons. The molecule has 2 rings (SSSR count). The van der Waals surface area contributed by atoms with Gasteiger partial charge in [0.05, 0.1) is 12.2 Å². The number of aromatic nitrogens is 2. The lowest BCUT2D eigenvalue weighted by Gasteiger charge is -2.17. The minimum Gasteiger partial charge on any atom is -0.306 e. The van der Waals surface area contributed by atoms with Crippen molar-refractivity contribution in [1.82, 2.24) is 15.1 Å². The molecule has 2 aromatic rings. The van der Waals surface area contributed by atoms with Gasteiger partial charge in [-0.15, -0.1) is 0 Å². The molecule has 1 N–H and O–H groups in total. The quantitative estimate of drug-likeness (QED) is 0.901. The highest BCUT2D eigenvalue weighted by atomic mass is 19.2. The molecule has 1 unspecified atom stereocenters. The summed E-state index contributed by atoms with van der Waals surface area (Å²) in [6, 6.07) is 3.81. The van der Waals surface area contributed by atoms with E-state index in [0.717, 1.165) is 24.6 Å². The van der Waals surface area contributed by atoms with Crippen LogP contribution in [0.5, 0.6) is 0 Å². The standard InChI is InChI=1S/C14H17F2N3/c1-3-6-17-14(11-8-18-19(2)9-11)10-4-5-12(15)13(16)7-10/h4-5,7-9,14,17H,3,6H2,1-2H3. The van der Waals surface area contributed by atoms with E-state index in [1.807, 2.05) is 13.2 Å². The molecule has 0 aliphatic rings. The van der Waals surface area contributed by atoms with Gasteiger partial charge >= 0.3 is 0 Å².